The minimum Gasteiger partial charge on any atom is -0.465 e. The fraction of sp³-hybridized carbons (Fsp3) is 0.192. The molecule has 0 spiro atoms. The van der Waals surface area contributed by atoms with Crippen molar-refractivity contribution < 1.29 is 9.53 Å². The maximum Gasteiger partial charge on any atom is 0.340 e. The largest absolute Gasteiger partial charge is 0.465 e. The van der Waals surface area contributed by atoms with Crippen molar-refractivity contribution in [3.63, 3.8) is 0 Å². The first-order chi connectivity index (χ1) is 15.1. The SMILES string of the molecule is COC(=O)/C(=C1\CC[C@@H](c2ccc(Cl)c(Cl)c2)N1Cc1ccccc1)c1ccccc1. The van der Waals surface area contributed by atoms with Gasteiger partial charge in [0.1, 0.15) is 0 Å². The Bertz CT molecular complexity index is 1100. The van der Waals surface area contributed by atoms with Gasteiger partial charge in [-0.3, -0.25) is 0 Å². The molecule has 3 aromatic carbocycles. The summed E-state index contributed by atoms with van der Waals surface area (Å²) in [6, 6.07) is 25.8. The molecule has 0 saturated carbocycles. The summed E-state index contributed by atoms with van der Waals surface area (Å²) in [5.74, 6) is -0.325. The number of nitrogens with zero attached hydrogens (tertiary/aromatic N) is 1. The van der Waals surface area contributed by atoms with Crippen molar-refractivity contribution in [3.8, 4) is 0 Å². The Morgan fingerprint density at radius 2 is 1.65 bits per heavy atom. The Morgan fingerprint density at radius 1 is 0.968 bits per heavy atom. The van der Waals surface area contributed by atoms with Gasteiger partial charge in [0, 0.05) is 12.2 Å². The van der Waals surface area contributed by atoms with Crippen molar-refractivity contribution in [1.82, 2.24) is 4.90 Å². The molecular formula is C26H23Cl2NO2. The molecule has 1 atom stereocenters. The van der Waals surface area contributed by atoms with Gasteiger partial charge in [-0.2, -0.15) is 0 Å². The van der Waals surface area contributed by atoms with Crippen LogP contribution in [0.2, 0.25) is 10.0 Å². The highest BCUT2D eigenvalue weighted by molar-refractivity contribution is 6.42. The van der Waals surface area contributed by atoms with E-state index < -0.39 is 0 Å². The molecule has 1 heterocycles. The number of hydrogen-bond donors (Lipinski definition) is 0. The molecule has 4 rings (SSSR count). The Kier molecular flexibility index (Phi) is 6.64. The summed E-state index contributed by atoms with van der Waals surface area (Å²) in [6.07, 6.45) is 1.63. The lowest BCUT2D eigenvalue weighted by molar-refractivity contribution is -0.133. The van der Waals surface area contributed by atoms with Crippen LogP contribution in [0.5, 0.6) is 0 Å². The number of ether oxygens (including phenoxy) is 1. The first-order valence-corrected chi connectivity index (χ1v) is 11.0. The van der Waals surface area contributed by atoms with E-state index in [1.807, 2.05) is 66.7 Å². The summed E-state index contributed by atoms with van der Waals surface area (Å²) in [5.41, 5.74) is 4.71. The molecule has 1 saturated heterocycles. The van der Waals surface area contributed by atoms with Gasteiger partial charge in [-0.15, -0.1) is 0 Å². The van der Waals surface area contributed by atoms with Crippen molar-refractivity contribution in [2.45, 2.75) is 25.4 Å². The monoisotopic (exact) mass is 451 g/mol. The van der Waals surface area contributed by atoms with Gasteiger partial charge in [-0.05, 0) is 41.7 Å². The molecule has 0 aromatic heterocycles. The smallest absolute Gasteiger partial charge is 0.340 e. The van der Waals surface area contributed by atoms with E-state index in [1.165, 1.54) is 12.7 Å². The third kappa shape index (κ3) is 4.63. The van der Waals surface area contributed by atoms with Crippen molar-refractivity contribution in [3.05, 3.63) is 111 Å². The van der Waals surface area contributed by atoms with Gasteiger partial charge in [-0.1, -0.05) is 89.9 Å². The first-order valence-electron chi connectivity index (χ1n) is 10.2. The Morgan fingerprint density at radius 3 is 2.29 bits per heavy atom. The van der Waals surface area contributed by atoms with Crippen LogP contribution in [-0.4, -0.2) is 18.0 Å². The van der Waals surface area contributed by atoms with Gasteiger partial charge < -0.3 is 9.64 Å². The number of halogens is 2. The quantitative estimate of drug-likeness (QED) is 0.311. The zero-order chi connectivity index (χ0) is 21.8. The minimum absolute atomic E-state index is 0.0772. The van der Waals surface area contributed by atoms with Crippen LogP contribution in [0.15, 0.2) is 84.6 Å². The van der Waals surface area contributed by atoms with Crippen molar-refractivity contribution >= 4 is 34.7 Å². The molecule has 1 aliphatic heterocycles. The highest BCUT2D eigenvalue weighted by atomic mass is 35.5. The fourth-order valence-corrected chi connectivity index (χ4v) is 4.50. The number of carbonyl (C=O) groups is 1. The zero-order valence-electron chi connectivity index (χ0n) is 17.2. The highest BCUT2D eigenvalue weighted by Crippen LogP contribution is 2.44. The molecule has 3 aromatic rings. The topological polar surface area (TPSA) is 29.5 Å². The molecule has 31 heavy (non-hydrogen) atoms. The van der Waals surface area contributed by atoms with E-state index in [4.69, 9.17) is 27.9 Å². The summed E-state index contributed by atoms with van der Waals surface area (Å²) >= 11 is 12.5. The van der Waals surface area contributed by atoms with E-state index in [1.54, 1.807) is 0 Å². The molecular weight excluding hydrogens is 429 g/mol. The predicted molar refractivity (Wildman–Crippen MR) is 126 cm³/mol. The normalized spacial score (nSPS) is 17.5. The molecule has 0 radical (unpaired) electrons. The molecule has 1 aliphatic rings. The summed E-state index contributed by atoms with van der Waals surface area (Å²) in [6.45, 7) is 0.675. The number of carbonyl (C=O) groups excluding carboxylic acids is 1. The van der Waals surface area contributed by atoms with Crippen molar-refractivity contribution in [2.24, 2.45) is 0 Å². The molecule has 1 fully saturated rings. The minimum atomic E-state index is -0.325. The van der Waals surface area contributed by atoms with Crippen LogP contribution in [0.3, 0.4) is 0 Å². The third-order valence-electron chi connectivity index (χ3n) is 5.64. The maximum atomic E-state index is 12.9. The van der Waals surface area contributed by atoms with Crippen molar-refractivity contribution in [1.29, 1.82) is 0 Å². The van der Waals surface area contributed by atoms with E-state index >= 15 is 0 Å². The molecule has 3 nitrogen and oxygen atoms in total. The third-order valence-corrected chi connectivity index (χ3v) is 6.38. The lowest BCUT2D eigenvalue weighted by atomic mass is 10.0. The Hall–Kier alpha value is -2.75. The number of allylic oxidation sites excluding steroid dienone is 1. The number of esters is 1. The van der Waals surface area contributed by atoms with Crippen LogP contribution >= 0.6 is 23.2 Å². The molecule has 0 aliphatic carbocycles. The summed E-state index contributed by atoms with van der Waals surface area (Å²) in [4.78, 5) is 15.2. The van der Waals surface area contributed by atoms with E-state index in [9.17, 15) is 4.79 Å². The van der Waals surface area contributed by atoms with Crippen LogP contribution in [-0.2, 0) is 16.1 Å². The van der Waals surface area contributed by atoms with Gasteiger partial charge in [0.2, 0.25) is 0 Å². The molecule has 0 unspecified atom stereocenters. The van der Waals surface area contributed by atoms with Gasteiger partial charge in [-0.25, -0.2) is 4.79 Å². The fourth-order valence-electron chi connectivity index (χ4n) is 4.19. The lowest BCUT2D eigenvalue weighted by Crippen LogP contribution is -2.24. The molecule has 5 heteroatoms. The second-order valence-electron chi connectivity index (χ2n) is 7.52. The van der Waals surface area contributed by atoms with E-state index in [0.717, 1.165) is 29.7 Å². The average Bonchev–Trinajstić information content (AvgIpc) is 3.20. The van der Waals surface area contributed by atoms with E-state index in [2.05, 4.69) is 17.0 Å². The van der Waals surface area contributed by atoms with E-state index in [-0.39, 0.29) is 12.0 Å². The zero-order valence-corrected chi connectivity index (χ0v) is 18.7. The molecule has 0 bridgehead atoms. The van der Waals surface area contributed by atoms with Crippen LogP contribution in [0, 0.1) is 0 Å². The first kappa shape index (κ1) is 21.5. The number of methoxy groups -OCH3 is 1. The molecule has 0 amide bonds. The van der Waals surface area contributed by atoms with Crippen LogP contribution in [0.4, 0.5) is 0 Å². The number of likely N-dealkylation sites (tertiary alicyclic amines) is 1. The summed E-state index contributed by atoms with van der Waals surface area (Å²) < 4.78 is 5.19. The second-order valence-corrected chi connectivity index (χ2v) is 8.34. The predicted octanol–water partition coefficient (Wildman–Crippen LogP) is 6.91. The lowest BCUT2D eigenvalue weighted by Gasteiger charge is -2.30. The summed E-state index contributed by atoms with van der Waals surface area (Å²) in [5, 5.41) is 1.07. The van der Waals surface area contributed by atoms with Gasteiger partial charge in [0.05, 0.1) is 28.8 Å². The van der Waals surface area contributed by atoms with Crippen LogP contribution < -0.4 is 0 Å². The second kappa shape index (κ2) is 9.59. The average molecular weight is 452 g/mol. The molecule has 0 N–H and O–H groups in total. The van der Waals surface area contributed by atoms with Gasteiger partial charge >= 0.3 is 5.97 Å². The van der Waals surface area contributed by atoms with Gasteiger partial charge in [0.15, 0.2) is 0 Å². The highest BCUT2D eigenvalue weighted by Gasteiger charge is 2.34. The number of benzene rings is 3. The summed E-state index contributed by atoms with van der Waals surface area (Å²) in [7, 11) is 1.43. The Balaban J connectivity index is 1.84. The van der Waals surface area contributed by atoms with Gasteiger partial charge in [0.25, 0.3) is 0 Å². The van der Waals surface area contributed by atoms with Crippen LogP contribution in [0.25, 0.3) is 5.57 Å². The van der Waals surface area contributed by atoms with E-state index in [0.29, 0.717) is 22.2 Å². The Labute approximate surface area is 192 Å². The standard InChI is InChI=1S/C26H23Cl2NO2/c1-31-26(30)25(19-10-6-3-7-11-19)24-15-14-23(20-12-13-21(27)22(28)16-20)29(24)17-18-8-4-2-5-9-18/h2-13,16,23H,14-15,17H2,1H3/b25-24+/t23-/m0/s1. The number of rotatable bonds is 5. The van der Waals surface area contributed by atoms with Crippen molar-refractivity contribution in [2.75, 3.05) is 7.11 Å². The number of hydrogen-bond acceptors (Lipinski definition) is 3. The molecule has 158 valence electrons. The van der Waals surface area contributed by atoms with Crippen LogP contribution in [0.1, 0.15) is 35.6 Å². The maximum absolute atomic E-state index is 12.9.